The van der Waals surface area contributed by atoms with Gasteiger partial charge in [-0.25, -0.2) is 9.78 Å². The number of anilines is 3. The molecule has 6 nitrogen and oxygen atoms in total. The molecule has 0 amide bonds. The Labute approximate surface area is 170 Å². The Morgan fingerprint density at radius 1 is 1.03 bits per heavy atom. The molecule has 4 rings (SSSR count). The summed E-state index contributed by atoms with van der Waals surface area (Å²) in [6.07, 6.45) is 5.15. The number of benzene rings is 2. The van der Waals surface area contributed by atoms with E-state index < -0.39 is 5.97 Å². The highest BCUT2D eigenvalue weighted by molar-refractivity contribution is 5.88. The molecule has 1 aliphatic rings. The second-order valence-electron chi connectivity index (χ2n) is 7.37. The Morgan fingerprint density at radius 2 is 1.76 bits per heavy atom. The van der Waals surface area contributed by atoms with Crippen LogP contribution in [-0.4, -0.2) is 34.1 Å². The maximum atomic E-state index is 11.0. The van der Waals surface area contributed by atoms with Crippen LogP contribution < -0.4 is 10.2 Å². The lowest BCUT2D eigenvalue weighted by atomic mass is 9.90. The van der Waals surface area contributed by atoms with Crippen LogP contribution in [0.25, 0.3) is 0 Å². The van der Waals surface area contributed by atoms with Crippen LogP contribution in [0.1, 0.15) is 28.8 Å². The molecule has 1 fully saturated rings. The average molecular weight is 388 g/mol. The third-order valence-corrected chi connectivity index (χ3v) is 5.31. The van der Waals surface area contributed by atoms with Crippen LogP contribution in [-0.2, 0) is 6.42 Å². The SMILES string of the molecule is O=C(O)c1ccc(Nc2ccnc(N3CCC(Cc4ccccc4)CC3)n2)cc1. The van der Waals surface area contributed by atoms with Gasteiger partial charge in [-0.05, 0) is 61.1 Å². The molecule has 148 valence electrons. The summed E-state index contributed by atoms with van der Waals surface area (Å²) < 4.78 is 0. The van der Waals surface area contributed by atoms with E-state index in [4.69, 9.17) is 5.11 Å². The highest BCUT2D eigenvalue weighted by Crippen LogP contribution is 2.25. The lowest BCUT2D eigenvalue weighted by Gasteiger charge is -2.32. The molecular weight excluding hydrogens is 364 g/mol. The first-order valence-corrected chi connectivity index (χ1v) is 9.90. The van der Waals surface area contributed by atoms with Gasteiger partial charge >= 0.3 is 5.97 Å². The van der Waals surface area contributed by atoms with Crippen LogP contribution >= 0.6 is 0 Å². The van der Waals surface area contributed by atoms with E-state index in [1.807, 2.05) is 6.07 Å². The number of carboxylic acids is 1. The van der Waals surface area contributed by atoms with Crippen LogP contribution in [0.5, 0.6) is 0 Å². The lowest BCUT2D eigenvalue weighted by molar-refractivity contribution is 0.0697. The summed E-state index contributed by atoms with van der Waals surface area (Å²) in [6, 6.07) is 19.1. The zero-order valence-electron chi connectivity index (χ0n) is 16.2. The van der Waals surface area contributed by atoms with Crippen molar-refractivity contribution >= 4 is 23.4 Å². The summed E-state index contributed by atoms with van der Waals surface area (Å²) in [5.41, 5.74) is 2.46. The average Bonchev–Trinajstić information content (AvgIpc) is 2.76. The van der Waals surface area contributed by atoms with Gasteiger partial charge in [-0.3, -0.25) is 0 Å². The van der Waals surface area contributed by atoms with E-state index in [1.165, 1.54) is 5.56 Å². The van der Waals surface area contributed by atoms with Crippen molar-refractivity contribution < 1.29 is 9.90 Å². The predicted octanol–water partition coefficient (Wildman–Crippen LogP) is 4.38. The van der Waals surface area contributed by atoms with Crippen molar-refractivity contribution in [2.75, 3.05) is 23.3 Å². The number of rotatable bonds is 6. The summed E-state index contributed by atoms with van der Waals surface area (Å²) in [4.78, 5) is 22.3. The molecule has 3 aromatic rings. The Morgan fingerprint density at radius 3 is 2.45 bits per heavy atom. The maximum absolute atomic E-state index is 11.0. The number of aromatic carboxylic acids is 1. The number of carboxylic acid groups (broad SMARTS) is 1. The number of hydrogen-bond acceptors (Lipinski definition) is 5. The van der Waals surface area contributed by atoms with Crippen molar-refractivity contribution in [2.24, 2.45) is 5.92 Å². The topological polar surface area (TPSA) is 78.3 Å². The Kier molecular flexibility index (Phi) is 5.70. The van der Waals surface area contributed by atoms with Gasteiger partial charge in [-0.1, -0.05) is 30.3 Å². The van der Waals surface area contributed by atoms with Gasteiger partial charge in [0.1, 0.15) is 5.82 Å². The van der Waals surface area contributed by atoms with Gasteiger partial charge in [0.2, 0.25) is 5.95 Å². The fourth-order valence-corrected chi connectivity index (χ4v) is 3.70. The lowest BCUT2D eigenvalue weighted by Crippen LogP contribution is -2.35. The van der Waals surface area contributed by atoms with Gasteiger partial charge in [0.25, 0.3) is 0 Å². The molecule has 1 aliphatic heterocycles. The minimum Gasteiger partial charge on any atom is -0.478 e. The minimum atomic E-state index is -0.934. The number of piperidine rings is 1. The van der Waals surface area contributed by atoms with E-state index in [9.17, 15) is 4.79 Å². The van der Waals surface area contributed by atoms with E-state index in [1.54, 1.807) is 30.5 Å². The maximum Gasteiger partial charge on any atom is 0.335 e. The molecular formula is C23H24N4O2. The molecule has 2 aromatic carbocycles. The van der Waals surface area contributed by atoms with Crippen LogP contribution in [0.4, 0.5) is 17.5 Å². The molecule has 0 radical (unpaired) electrons. The van der Waals surface area contributed by atoms with Gasteiger partial charge in [-0.2, -0.15) is 4.98 Å². The van der Waals surface area contributed by atoms with Crippen LogP contribution in [0.3, 0.4) is 0 Å². The molecule has 2 N–H and O–H groups in total. The van der Waals surface area contributed by atoms with Crippen molar-refractivity contribution in [3.63, 3.8) is 0 Å². The third-order valence-electron chi connectivity index (χ3n) is 5.31. The highest BCUT2D eigenvalue weighted by atomic mass is 16.4. The molecule has 6 heteroatoms. The van der Waals surface area contributed by atoms with Crippen molar-refractivity contribution in [3.8, 4) is 0 Å². The molecule has 0 atom stereocenters. The zero-order chi connectivity index (χ0) is 20.1. The summed E-state index contributed by atoms with van der Waals surface area (Å²) in [5, 5.41) is 12.2. The molecule has 0 bridgehead atoms. The first kappa shape index (κ1) is 18.9. The summed E-state index contributed by atoms with van der Waals surface area (Å²) in [7, 11) is 0. The van der Waals surface area contributed by atoms with E-state index in [-0.39, 0.29) is 5.56 Å². The molecule has 0 aliphatic carbocycles. The monoisotopic (exact) mass is 388 g/mol. The molecule has 1 aromatic heterocycles. The Balaban J connectivity index is 1.36. The van der Waals surface area contributed by atoms with Crippen molar-refractivity contribution in [3.05, 3.63) is 78.0 Å². The van der Waals surface area contributed by atoms with E-state index in [0.29, 0.717) is 11.7 Å². The van der Waals surface area contributed by atoms with E-state index >= 15 is 0 Å². The third kappa shape index (κ3) is 4.90. The van der Waals surface area contributed by atoms with Crippen LogP contribution in [0.15, 0.2) is 66.9 Å². The van der Waals surface area contributed by atoms with Gasteiger partial charge in [-0.15, -0.1) is 0 Å². The second kappa shape index (κ2) is 8.73. The molecule has 1 saturated heterocycles. The van der Waals surface area contributed by atoms with Crippen molar-refractivity contribution in [1.82, 2.24) is 9.97 Å². The van der Waals surface area contributed by atoms with Gasteiger partial charge in [0, 0.05) is 25.0 Å². The highest BCUT2D eigenvalue weighted by Gasteiger charge is 2.21. The quantitative estimate of drug-likeness (QED) is 0.653. The van der Waals surface area contributed by atoms with Crippen LogP contribution in [0.2, 0.25) is 0 Å². The zero-order valence-corrected chi connectivity index (χ0v) is 16.2. The number of nitrogens with one attached hydrogen (secondary N) is 1. The van der Waals surface area contributed by atoms with Crippen LogP contribution in [0, 0.1) is 5.92 Å². The standard InChI is InChI=1S/C23H24N4O2/c28-22(29)19-6-8-20(9-7-19)25-21-10-13-24-23(26-21)27-14-11-18(12-15-27)16-17-4-2-1-3-5-17/h1-10,13,18H,11-12,14-16H2,(H,28,29)(H,24,25,26). The summed E-state index contributed by atoms with van der Waals surface area (Å²) in [6.45, 7) is 1.91. The molecule has 0 spiro atoms. The van der Waals surface area contributed by atoms with E-state index in [2.05, 4.69) is 50.5 Å². The Hall–Kier alpha value is -3.41. The number of hydrogen-bond donors (Lipinski definition) is 2. The van der Waals surface area contributed by atoms with Gasteiger partial charge < -0.3 is 15.3 Å². The Bertz CT molecular complexity index is 952. The number of nitrogens with zero attached hydrogens (tertiary/aromatic N) is 3. The molecule has 29 heavy (non-hydrogen) atoms. The summed E-state index contributed by atoms with van der Waals surface area (Å²) in [5.74, 6) is 1.19. The summed E-state index contributed by atoms with van der Waals surface area (Å²) >= 11 is 0. The van der Waals surface area contributed by atoms with Gasteiger partial charge in [0.05, 0.1) is 5.56 Å². The minimum absolute atomic E-state index is 0.261. The first-order chi connectivity index (χ1) is 14.2. The van der Waals surface area contributed by atoms with Crippen molar-refractivity contribution in [1.29, 1.82) is 0 Å². The normalized spacial score (nSPS) is 14.6. The second-order valence-corrected chi connectivity index (χ2v) is 7.37. The van der Waals surface area contributed by atoms with Crippen molar-refractivity contribution in [2.45, 2.75) is 19.3 Å². The largest absolute Gasteiger partial charge is 0.478 e. The molecule has 2 heterocycles. The van der Waals surface area contributed by atoms with E-state index in [0.717, 1.165) is 44.0 Å². The fourth-order valence-electron chi connectivity index (χ4n) is 3.70. The number of aromatic nitrogens is 2. The van der Waals surface area contributed by atoms with Gasteiger partial charge in [0.15, 0.2) is 0 Å². The molecule has 0 unspecified atom stereocenters. The smallest absolute Gasteiger partial charge is 0.335 e. The number of carbonyl (C=O) groups is 1. The predicted molar refractivity (Wildman–Crippen MR) is 114 cm³/mol. The fraction of sp³-hybridized carbons (Fsp3) is 0.261. The molecule has 0 saturated carbocycles. The first-order valence-electron chi connectivity index (χ1n) is 9.90.